The van der Waals surface area contributed by atoms with Gasteiger partial charge in [-0.1, -0.05) is 0 Å². The largest absolute Gasteiger partial charge is 0.444 e. The molecule has 2 heterocycles. The van der Waals surface area contributed by atoms with Crippen LogP contribution in [0.15, 0.2) is 0 Å². The Morgan fingerprint density at radius 2 is 1.67 bits per heavy atom. The summed E-state index contributed by atoms with van der Waals surface area (Å²) in [7, 11) is 0. The molecule has 0 aromatic carbocycles. The van der Waals surface area contributed by atoms with Gasteiger partial charge in [-0.05, 0) is 60.3 Å². The molecule has 0 saturated carbocycles. The SMILES string of the molecule is CC(C)(C)OC(=O)N1[C@@]2(C)CC[C@]1(C)C[C@@H](N)C2. The van der Waals surface area contributed by atoms with Crippen LogP contribution in [0.1, 0.15) is 60.3 Å². The lowest BCUT2D eigenvalue weighted by atomic mass is 9.83. The molecule has 2 aliphatic heterocycles. The van der Waals surface area contributed by atoms with E-state index in [2.05, 4.69) is 13.8 Å². The fourth-order valence-corrected chi connectivity index (χ4v) is 3.75. The van der Waals surface area contributed by atoms with Gasteiger partial charge in [0.25, 0.3) is 0 Å². The van der Waals surface area contributed by atoms with Crippen LogP contribution in [0.2, 0.25) is 0 Å². The van der Waals surface area contributed by atoms with E-state index >= 15 is 0 Å². The maximum atomic E-state index is 12.5. The molecule has 2 aliphatic rings. The lowest BCUT2D eigenvalue weighted by Gasteiger charge is -2.50. The molecular weight excluding hydrogens is 228 g/mol. The van der Waals surface area contributed by atoms with E-state index in [0.29, 0.717) is 0 Å². The number of ether oxygens (including phenoxy) is 1. The second kappa shape index (κ2) is 3.86. The Bertz CT molecular complexity index is 343. The number of carbonyl (C=O) groups excluding carboxylic acids is 1. The fraction of sp³-hybridized carbons (Fsp3) is 0.929. The number of hydrogen-bond acceptors (Lipinski definition) is 3. The maximum absolute atomic E-state index is 12.5. The molecule has 4 heteroatoms. The lowest BCUT2D eigenvalue weighted by Crippen LogP contribution is -2.62. The van der Waals surface area contributed by atoms with Crippen molar-refractivity contribution in [3.63, 3.8) is 0 Å². The van der Waals surface area contributed by atoms with Crippen LogP contribution in [-0.4, -0.2) is 33.7 Å². The smallest absolute Gasteiger partial charge is 0.411 e. The summed E-state index contributed by atoms with van der Waals surface area (Å²) < 4.78 is 5.57. The normalized spacial score (nSPS) is 39.9. The van der Waals surface area contributed by atoms with Crippen molar-refractivity contribution in [3.8, 4) is 0 Å². The average Bonchev–Trinajstić information content (AvgIpc) is 2.27. The van der Waals surface area contributed by atoms with Gasteiger partial charge in [0, 0.05) is 17.1 Å². The number of fused-ring (bicyclic) bond motifs is 2. The number of nitrogens with zero attached hydrogens (tertiary/aromatic N) is 1. The Labute approximate surface area is 110 Å². The summed E-state index contributed by atoms with van der Waals surface area (Å²) in [5, 5.41) is 0. The van der Waals surface area contributed by atoms with Crippen molar-refractivity contribution in [2.24, 2.45) is 5.73 Å². The van der Waals surface area contributed by atoms with Crippen LogP contribution in [0, 0.1) is 0 Å². The molecule has 0 unspecified atom stereocenters. The third-order valence-corrected chi connectivity index (χ3v) is 4.26. The van der Waals surface area contributed by atoms with Crippen molar-refractivity contribution in [3.05, 3.63) is 0 Å². The lowest BCUT2D eigenvalue weighted by molar-refractivity contribution is -0.0353. The van der Waals surface area contributed by atoms with E-state index in [0.717, 1.165) is 25.7 Å². The summed E-state index contributed by atoms with van der Waals surface area (Å²) in [5.41, 5.74) is 5.43. The topological polar surface area (TPSA) is 55.6 Å². The first kappa shape index (κ1) is 13.7. The Kier molecular flexibility index (Phi) is 2.93. The summed E-state index contributed by atoms with van der Waals surface area (Å²) in [5.74, 6) is 0. The van der Waals surface area contributed by atoms with E-state index in [4.69, 9.17) is 10.5 Å². The standard InChI is InChI=1S/C14H26N2O2/c1-12(2,3)18-11(17)16-13(4)6-7-14(16,5)9-10(15)8-13/h10H,6-9,15H2,1-5H3/t10-,13-,14+. The monoisotopic (exact) mass is 254 g/mol. The van der Waals surface area contributed by atoms with Crippen LogP contribution < -0.4 is 5.73 Å². The van der Waals surface area contributed by atoms with Gasteiger partial charge < -0.3 is 10.5 Å². The molecule has 104 valence electrons. The summed E-state index contributed by atoms with van der Waals surface area (Å²) in [6, 6.07) is 0.196. The van der Waals surface area contributed by atoms with Crippen LogP contribution >= 0.6 is 0 Å². The van der Waals surface area contributed by atoms with Crippen molar-refractivity contribution >= 4 is 6.09 Å². The van der Waals surface area contributed by atoms with E-state index < -0.39 is 5.60 Å². The van der Waals surface area contributed by atoms with E-state index in [1.165, 1.54) is 0 Å². The first-order chi connectivity index (χ1) is 8.06. The summed E-state index contributed by atoms with van der Waals surface area (Å²) in [6.45, 7) is 10.0. The quantitative estimate of drug-likeness (QED) is 0.723. The van der Waals surface area contributed by atoms with Crippen molar-refractivity contribution in [2.75, 3.05) is 0 Å². The molecule has 3 atom stereocenters. The number of rotatable bonds is 0. The Morgan fingerprint density at radius 1 is 1.22 bits per heavy atom. The highest BCUT2D eigenvalue weighted by Gasteiger charge is 2.57. The van der Waals surface area contributed by atoms with Crippen LogP contribution in [0.3, 0.4) is 0 Å². The van der Waals surface area contributed by atoms with Crippen molar-refractivity contribution in [2.45, 2.75) is 83.0 Å². The van der Waals surface area contributed by atoms with Crippen LogP contribution in [0.5, 0.6) is 0 Å². The van der Waals surface area contributed by atoms with Gasteiger partial charge in [0.05, 0.1) is 0 Å². The second-order valence-electron chi connectivity index (χ2n) is 7.48. The molecule has 0 aliphatic carbocycles. The first-order valence-corrected chi connectivity index (χ1v) is 6.85. The third-order valence-electron chi connectivity index (χ3n) is 4.26. The second-order valence-corrected chi connectivity index (χ2v) is 7.48. The minimum absolute atomic E-state index is 0.130. The molecule has 2 saturated heterocycles. The summed E-state index contributed by atoms with van der Waals surface area (Å²) in [4.78, 5) is 14.4. The average molecular weight is 254 g/mol. The molecule has 2 N–H and O–H groups in total. The van der Waals surface area contributed by atoms with Crippen molar-refractivity contribution in [1.29, 1.82) is 0 Å². The van der Waals surface area contributed by atoms with Gasteiger partial charge in [0.2, 0.25) is 0 Å². The van der Waals surface area contributed by atoms with Crippen LogP contribution in [0.4, 0.5) is 4.79 Å². The van der Waals surface area contributed by atoms with Crippen molar-refractivity contribution in [1.82, 2.24) is 4.90 Å². The minimum atomic E-state index is -0.442. The van der Waals surface area contributed by atoms with Gasteiger partial charge in [0.1, 0.15) is 5.60 Å². The summed E-state index contributed by atoms with van der Waals surface area (Å²) in [6.07, 6.45) is 3.62. The molecular formula is C14H26N2O2. The zero-order valence-electron chi connectivity index (χ0n) is 12.2. The van der Waals surface area contributed by atoms with E-state index in [1.807, 2.05) is 25.7 Å². The Balaban J connectivity index is 2.25. The Hall–Kier alpha value is -0.770. The molecule has 1 amide bonds. The number of piperidine rings is 1. The van der Waals surface area contributed by atoms with Crippen LogP contribution in [0.25, 0.3) is 0 Å². The Morgan fingerprint density at radius 3 is 2.06 bits per heavy atom. The van der Waals surface area contributed by atoms with E-state index in [1.54, 1.807) is 0 Å². The molecule has 2 bridgehead atoms. The predicted molar refractivity (Wildman–Crippen MR) is 71.3 cm³/mol. The molecule has 4 nitrogen and oxygen atoms in total. The molecule has 0 radical (unpaired) electrons. The van der Waals surface area contributed by atoms with Gasteiger partial charge in [-0.15, -0.1) is 0 Å². The summed E-state index contributed by atoms with van der Waals surface area (Å²) >= 11 is 0. The van der Waals surface area contributed by atoms with Gasteiger partial charge in [-0.3, -0.25) is 4.90 Å². The van der Waals surface area contributed by atoms with E-state index in [-0.39, 0.29) is 23.2 Å². The number of nitrogens with two attached hydrogens (primary N) is 1. The number of hydrogen-bond donors (Lipinski definition) is 1. The minimum Gasteiger partial charge on any atom is -0.444 e. The fourth-order valence-electron chi connectivity index (χ4n) is 3.75. The molecule has 18 heavy (non-hydrogen) atoms. The molecule has 2 rings (SSSR count). The van der Waals surface area contributed by atoms with Crippen molar-refractivity contribution < 1.29 is 9.53 Å². The molecule has 2 fully saturated rings. The molecule has 0 spiro atoms. The molecule has 0 aromatic heterocycles. The zero-order valence-corrected chi connectivity index (χ0v) is 12.2. The van der Waals surface area contributed by atoms with E-state index in [9.17, 15) is 4.79 Å². The highest BCUT2D eigenvalue weighted by molar-refractivity contribution is 5.71. The van der Waals surface area contributed by atoms with Crippen LogP contribution in [-0.2, 0) is 4.74 Å². The van der Waals surface area contributed by atoms with Gasteiger partial charge >= 0.3 is 6.09 Å². The van der Waals surface area contributed by atoms with Gasteiger partial charge in [0.15, 0.2) is 0 Å². The number of carbonyl (C=O) groups is 1. The van der Waals surface area contributed by atoms with Gasteiger partial charge in [-0.2, -0.15) is 0 Å². The molecule has 0 aromatic rings. The highest BCUT2D eigenvalue weighted by Crippen LogP contribution is 2.50. The predicted octanol–water partition coefficient (Wildman–Crippen LogP) is 2.66. The first-order valence-electron chi connectivity index (χ1n) is 6.85. The number of amides is 1. The maximum Gasteiger partial charge on any atom is 0.411 e. The zero-order chi connectivity index (χ0) is 13.8. The highest BCUT2D eigenvalue weighted by atomic mass is 16.6. The van der Waals surface area contributed by atoms with Gasteiger partial charge in [-0.25, -0.2) is 4.79 Å². The third kappa shape index (κ3) is 2.22.